The Hall–Kier alpha value is -1.15. The second-order valence-corrected chi connectivity index (χ2v) is 4.02. The van der Waals surface area contributed by atoms with Gasteiger partial charge in [-0.2, -0.15) is 0 Å². The first-order chi connectivity index (χ1) is 6.33. The van der Waals surface area contributed by atoms with E-state index in [4.69, 9.17) is 0 Å². The second kappa shape index (κ2) is 3.30. The Morgan fingerprint density at radius 2 is 2.15 bits per heavy atom. The van der Waals surface area contributed by atoms with E-state index < -0.39 is 0 Å². The highest BCUT2D eigenvalue weighted by Gasteiger charge is 2.09. The molecule has 0 saturated carbocycles. The summed E-state index contributed by atoms with van der Waals surface area (Å²) in [6, 6.07) is 8.19. The van der Waals surface area contributed by atoms with Crippen LogP contribution in [0.3, 0.4) is 0 Å². The molecule has 13 heavy (non-hydrogen) atoms. The van der Waals surface area contributed by atoms with Crippen LogP contribution in [0.4, 0.5) is 0 Å². The summed E-state index contributed by atoms with van der Waals surface area (Å²) < 4.78 is 1.26. The normalized spacial score (nSPS) is 13.0. The predicted molar refractivity (Wildman–Crippen MR) is 56.3 cm³/mol. The monoisotopic (exact) mass is 190 g/mol. The smallest absolute Gasteiger partial charge is 0.127 e. The van der Waals surface area contributed by atoms with E-state index in [1.807, 2.05) is 19.1 Å². The molecule has 0 bridgehead atoms. The lowest BCUT2D eigenvalue weighted by molar-refractivity contribution is -0.108. The summed E-state index contributed by atoms with van der Waals surface area (Å²) in [5.74, 6) is 0.0103. The van der Waals surface area contributed by atoms with Gasteiger partial charge in [-0.1, -0.05) is 25.1 Å². The van der Waals surface area contributed by atoms with Crippen molar-refractivity contribution >= 4 is 27.7 Å². The Morgan fingerprint density at radius 1 is 1.38 bits per heavy atom. The van der Waals surface area contributed by atoms with E-state index >= 15 is 0 Å². The number of hydrogen-bond donors (Lipinski definition) is 0. The lowest BCUT2D eigenvalue weighted by atomic mass is 10.0. The fourth-order valence-electron chi connectivity index (χ4n) is 1.42. The average Bonchev–Trinajstić information content (AvgIpc) is 2.60. The number of benzene rings is 1. The highest BCUT2D eigenvalue weighted by atomic mass is 32.1. The van der Waals surface area contributed by atoms with Gasteiger partial charge in [-0.15, -0.1) is 11.3 Å². The molecule has 1 heterocycles. The number of thiophene rings is 1. The third-order valence-corrected chi connectivity index (χ3v) is 3.19. The second-order valence-electron chi connectivity index (χ2n) is 3.11. The molecule has 0 aliphatic rings. The van der Waals surface area contributed by atoms with Crippen molar-refractivity contribution in [3.05, 3.63) is 35.2 Å². The molecule has 2 aromatic rings. The van der Waals surface area contributed by atoms with E-state index in [9.17, 15) is 4.79 Å². The number of rotatable bonds is 2. The van der Waals surface area contributed by atoms with Gasteiger partial charge >= 0.3 is 0 Å². The van der Waals surface area contributed by atoms with Crippen LogP contribution in [0.1, 0.15) is 18.4 Å². The Morgan fingerprint density at radius 3 is 2.92 bits per heavy atom. The highest BCUT2D eigenvalue weighted by molar-refractivity contribution is 7.17. The van der Waals surface area contributed by atoms with Crippen molar-refractivity contribution in [2.45, 2.75) is 12.8 Å². The van der Waals surface area contributed by atoms with Gasteiger partial charge in [0.25, 0.3) is 0 Å². The molecule has 0 spiro atoms. The number of carbonyl (C=O) groups is 1. The minimum absolute atomic E-state index is 0.0103. The van der Waals surface area contributed by atoms with E-state index in [-0.39, 0.29) is 5.92 Å². The molecule has 66 valence electrons. The molecular weight excluding hydrogens is 180 g/mol. The maximum Gasteiger partial charge on any atom is 0.127 e. The average molecular weight is 190 g/mol. The summed E-state index contributed by atoms with van der Waals surface area (Å²) in [5, 5.41) is 3.29. The Balaban J connectivity index is 2.64. The standard InChI is InChI=1S/C11H10OS/c1-8(6-12)10-7-13-11-5-3-2-4-9(10)11/h2-8H,1H3/t8-/m0/s1. The van der Waals surface area contributed by atoms with Crippen molar-refractivity contribution in [2.24, 2.45) is 0 Å². The number of fused-ring (bicyclic) bond motifs is 1. The Kier molecular flexibility index (Phi) is 2.15. The van der Waals surface area contributed by atoms with Crippen molar-refractivity contribution in [2.75, 3.05) is 0 Å². The Bertz CT molecular complexity index is 430. The summed E-state index contributed by atoms with van der Waals surface area (Å²) in [7, 11) is 0. The van der Waals surface area contributed by atoms with E-state index in [2.05, 4.69) is 17.5 Å². The summed E-state index contributed by atoms with van der Waals surface area (Å²) >= 11 is 1.70. The molecule has 1 aromatic carbocycles. The van der Waals surface area contributed by atoms with Gasteiger partial charge in [-0.05, 0) is 22.4 Å². The molecule has 1 nitrogen and oxygen atoms in total. The fraction of sp³-hybridized carbons (Fsp3) is 0.182. The minimum Gasteiger partial charge on any atom is -0.303 e. The Labute approximate surface area is 81.0 Å². The summed E-state index contributed by atoms with van der Waals surface area (Å²) in [6.45, 7) is 1.93. The van der Waals surface area contributed by atoms with Gasteiger partial charge in [0.05, 0.1) is 0 Å². The van der Waals surface area contributed by atoms with E-state index in [1.165, 1.54) is 10.1 Å². The highest BCUT2D eigenvalue weighted by Crippen LogP contribution is 2.29. The zero-order valence-corrected chi connectivity index (χ0v) is 8.17. The van der Waals surface area contributed by atoms with Gasteiger partial charge in [-0.25, -0.2) is 0 Å². The molecular formula is C11H10OS. The van der Waals surface area contributed by atoms with Crippen LogP contribution in [-0.2, 0) is 4.79 Å². The molecule has 0 radical (unpaired) electrons. The maximum absolute atomic E-state index is 10.7. The summed E-state index contributed by atoms with van der Waals surface area (Å²) in [4.78, 5) is 10.7. The van der Waals surface area contributed by atoms with E-state index in [1.54, 1.807) is 11.3 Å². The van der Waals surface area contributed by atoms with Crippen molar-refractivity contribution in [3.8, 4) is 0 Å². The first-order valence-corrected chi connectivity index (χ1v) is 5.12. The zero-order chi connectivity index (χ0) is 9.26. The van der Waals surface area contributed by atoms with Crippen LogP contribution in [0.5, 0.6) is 0 Å². The van der Waals surface area contributed by atoms with Gasteiger partial charge in [0.15, 0.2) is 0 Å². The molecule has 0 fully saturated rings. The van der Waals surface area contributed by atoms with Crippen LogP contribution in [0.2, 0.25) is 0 Å². The van der Waals surface area contributed by atoms with Crippen LogP contribution >= 0.6 is 11.3 Å². The third-order valence-electron chi connectivity index (χ3n) is 2.21. The lowest BCUT2D eigenvalue weighted by Crippen LogP contribution is -1.91. The molecule has 1 atom stereocenters. The quantitative estimate of drug-likeness (QED) is 0.664. The van der Waals surface area contributed by atoms with Crippen LogP contribution in [0, 0.1) is 0 Å². The molecule has 2 rings (SSSR count). The van der Waals surface area contributed by atoms with E-state index in [0.717, 1.165) is 11.8 Å². The molecule has 0 amide bonds. The number of hydrogen-bond acceptors (Lipinski definition) is 2. The number of aldehydes is 1. The molecule has 0 unspecified atom stereocenters. The van der Waals surface area contributed by atoms with Gasteiger partial charge in [0, 0.05) is 10.6 Å². The summed E-state index contributed by atoms with van der Waals surface area (Å²) in [6.07, 6.45) is 0.995. The van der Waals surface area contributed by atoms with Gasteiger partial charge in [0.2, 0.25) is 0 Å². The van der Waals surface area contributed by atoms with Crippen molar-refractivity contribution < 1.29 is 4.79 Å². The van der Waals surface area contributed by atoms with Crippen LogP contribution < -0.4 is 0 Å². The minimum atomic E-state index is 0.0103. The first kappa shape index (κ1) is 8.45. The van der Waals surface area contributed by atoms with Crippen LogP contribution in [-0.4, -0.2) is 6.29 Å². The zero-order valence-electron chi connectivity index (χ0n) is 7.36. The first-order valence-electron chi connectivity index (χ1n) is 4.24. The fourth-order valence-corrected chi connectivity index (χ4v) is 2.49. The van der Waals surface area contributed by atoms with Crippen molar-refractivity contribution in [1.82, 2.24) is 0 Å². The van der Waals surface area contributed by atoms with E-state index in [0.29, 0.717) is 0 Å². The SMILES string of the molecule is C[C@@H](C=O)c1csc2ccccc12. The number of carbonyl (C=O) groups excluding carboxylic acids is 1. The largest absolute Gasteiger partial charge is 0.303 e. The molecule has 2 heteroatoms. The lowest BCUT2D eigenvalue weighted by Gasteiger charge is -2.00. The van der Waals surface area contributed by atoms with Gasteiger partial charge in [0.1, 0.15) is 6.29 Å². The predicted octanol–water partition coefficient (Wildman–Crippen LogP) is 3.20. The van der Waals surface area contributed by atoms with Crippen molar-refractivity contribution in [1.29, 1.82) is 0 Å². The van der Waals surface area contributed by atoms with Crippen LogP contribution in [0.15, 0.2) is 29.6 Å². The molecule has 0 saturated heterocycles. The van der Waals surface area contributed by atoms with Crippen molar-refractivity contribution in [3.63, 3.8) is 0 Å². The topological polar surface area (TPSA) is 17.1 Å². The third kappa shape index (κ3) is 1.38. The van der Waals surface area contributed by atoms with Gasteiger partial charge in [-0.3, -0.25) is 0 Å². The van der Waals surface area contributed by atoms with Crippen LogP contribution in [0.25, 0.3) is 10.1 Å². The maximum atomic E-state index is 10.7. The molecule has 0 aliphatic carbocycles. The molecule has 0 N–H and O–H groups in total. The molecule has 0 aliphatic heterocycles. The summed E-state index contributed by atoms with van der Waals surface area (Å²) in [5.41, 5.74) is 1.15. The molecule has 1 aromatic heterocycles. The van der Waals surface area contributed by atoms with Gasteiger partial charge < -0.3 is 4.79 Å².